The number of halogens is 2. The summed E-state index contributed by atoms with van der Waals surface area (Å²) in [5, 5.41) is 12.1. The van der Waals surface area contributed by atoms with Crippen molar-refractivity contribution in [2.45, 2.75) is 37.8 Å². The molecule has 1 aliphatic rings. The number of amides is 1. The molecule has 2 rings (SSSR count). The predicted molar refractivity (Wildman–Crippen MR) is 62.1 cm³/mol. The van der Waals surface area contributed by atoms with Gasteiger partial charge in [-0.05, 0) is 37.8 Å². The van der Waals surface area contributed by atoms with Gasteiger partial charge in [-0.3, -0.25) is 4.79 Å². The van der Waals surface area contributed by atoms with Crippen LogP contribution < -0.4 is 5.32 Å². The van der Waals surface area contributed by atoms with Gasteiger partial charge in [0.15, 0.2) is 11.6 Å². The Morgan fingerprint density at radius 3 is 2.83 bits per heavy atom. The molecular formula is C13H15F2NO2. The van der Waals surface area contributed by atoms with Crippen LogP contribution in [0.4, 0.5) is 8.78 Å². The largest absolute Gasteiger partial charge is 0.393 e. The summed E-state index contributed by atoms with van der Waals surface area (Å²) in [7, 11) is 0. The highest BCUT2D eigenvalue weighted by atomic mass is 19.2. The van der Waals surface area contributed by atoms with Crippen molar-refractivity contribution in [3.8, 4) is 0 Å². The SMILES string of the molecule is O=C(NC1CCCC(O)C1)c1cccc(F)c1F. The molecule has 1 fully saturated rings. The zero-order valence-electron chi connectivity index (χ0n) is 9.83. The van der Waals surface area contributed by atoms with Crippen LogP contribution in [0.1, 0.15) is 36.0 Å². The highest BCUT2D eigenvalue weighted by Gasteiger charge is 2.23. The summed E-state index contributed by atoms with van der Waals surface area (Å²) in [5.41, 5.74) is -0.296. The molecule has 0 bridgehead atoms. The third-order valence-electron chi connectivity index (χ3n) is 3.18. The second kappa shape index (κ2) is 5.44. The molecule has 1 aliphatic carbocycles. The first-order valence-electron chi connectivity index (χ1n) is 6.01. The van der Waals surface area contributed by atoms with Crippen LogP contribution in [0.2, 0.25) is 0 Å². The maximum atomic E-state index is 13.4. The smallest absolute Gasteiger partial charge is 0.254 e. The highest BCUT2D eigenvalue weighted by Crippen LogP contribution is 2.19. The minimum Gasteiger partial charge on any atom is -0.393 e. The number of nitrogens with one attached hydrogen (secondary N) is 1. The van der Waals surface area contributed by atoms with E-state index in [1.807, 2.05) is 0 Å². The van der Waals surface area contributed by atoms with Crippen LogP contribution in [0.3, 0.4) is 0 Å². The zero-order chi connectivity index (χ0) is 13.1. The summed E-state index contributed by atoms with van der Waals surface area (Å²) in [6.45, 7) is 0. The van der Waals surface area contributed by atoms with Crippen LogP contribution in [0.15, 0.2) is 18.2 Å². The molecule has 18 heavy (non-hydrogen) atoms. The second-order valence-corrected chi connectivity index (χ2v) is 4.59. The summed E-state index contributed by atoms with van der Waals surface area (Å²) in [4.78, 5) is 11.8. The van der Waals surface area contributed by atoms with Gasteiger partial charge in [0.25, 0.3) is 5.91 Å². The lowest BCUT2D eigenvalue weighted by Gasteiger charge is -2.26. The van der Waals surface area contributed by atoms with Gasteiger partial charge < -0.3 is 10.4 Å². The van der Waals surface area contributed by atoms with Crippen molar-refractivity contribution in [2.24, 2.45) is 0 Å². The van der Waals surface area contributed by atoms with Crippen molar-refractivity contribution in [1.82, 2.24) is 5.32 Å². The fourth-order valence-electron chi connectivity index (χ4n) is 2.24. The molecule has 1 aromatic carbocycles. The lowest BCUT2D eigenvalue weighted by atomic mass is 9.93. The lowest BCUT2D eigenvalue weighted by Crippen LogP contribution is -2.40. The summed E-state index contributed by atoms with van der Waals surface area (Å²) in [6, 6.07) is 3.33. The maximum absolute atomic E-state index is 13.4. The van der Waals surface area contributed by atoms with Gasteiger partial charge in [0.1, 0.15) is 0 Å². The highest BCUT2D eigenvalue weighted by molar-refractivity contribution is 5.94. The van der Waals surface area contributed by atoms with E-state index in [0.717, 1.165) is 25.3 Å². The van der Waals surface area contributed by atoms with Crippen LogP contribution in [-0.2, 0) is 0 Å². The Labute approximate surface area is 104 Å². The average molecular weight is 255 g/mol. The molecule has 0 aliphatic heterocycles. The zero-order valence-corrected chi connectivity index (χ0v) is 9.83. The van der Waals surface area contributed by atoms with Gasteiger partial charge in [-0.1, -0.05) is 6.07 Å². The van der Waals surface area contributed by atoms with E-state index < -0.39 is 23.6 Å². The number of rotatable bonds is 2. The summed E-state index contributed by atoms with van der Waals surface area (Å²) < 4.78 is 26.4. The molecule has 0 aromatic heterocycles. The summed E-state index contributed by atoms with van der Waals surface area (Å²) in [5.74, 6) is -2.80. The quantitative estimate of drug-likeness (QED) is 0.849. The summed E-state index contributed by atoms with van der Waals surface area (Å²) in [6.07, 6.45) is 2.32. The number of aliphatic hydroxyl groups is 1. The third-order valence-corrected chi connectivity index (χ3v) is 3.18. The van der Waals surface area contributed by atoms with Crippen molar-refractivity contribution in [3.05, 3.63) is 35.4 Å². The molecule has 3 nitrogen and oxygen atoms in total. The molecule has 2 atom stereocenters. The number of hydrogen-bond donors (Lipinski definition) is 2. The first kappa shape index (κ1) is 13.0. The van der Waals surface area contributed by atoms with Crippen LogP contribution >= 0.6 is 0 Å². The molecule has 2 N–H and O–H groups in total. The minimum atomic E-state index is -1.13. The van der Waals surface area contributed by atoms with Gasteiger partial charge in [-0.15, -0.1) is 0 Å². The van der Waals surface area contributed by atoms with Gasteiger partial charge in [0, 0.05) is 6.04 Å². The van der Waals surface area contributed by atoms with Gasteiger partial charge in [-0.2, -0.15) is 0 Å². The van der Waals surface area contributed by atoms with E-state index in [2.05, 4.69) is 5.32 Å². The Morgan fingerprint density at radius 1 is 1.33 bits per heavy atom. The summed E-state index contributed by atoms with van der Waals surface area (Å²) >= 11 is 0. The number of aliphatic hydroxyl groups excluding tert-OH is 1. The van der Waals surface area contributed by atoms with Gasteiger partial charge in [-0.25, -0.2) is 8.78 Å². The van der Waals surface area contributed by atoms with Crippen molar-refractivity contribution in [3.63, 3.8) is 0 Å². The van der Waals surface area contributed by atoms with Gasteiger partial charge in [0.05, 0.1) is 11.7 Å². The van der Waals surface area contributed by atoms with Crippen LogP contribution in [-0.4, -0.2) is 23.2 Å². The lowest BCUT2D eigenvalue weighted by molar-refractivity contribution is 0.0845. The van der Waals surface area contributed by atoms with Crippen molar-refractivity contribution in [2.75, 3.05) is 0 Å². The molecule has 5 heteroatoms. The van der Waals surface area contributed by atoms with Crippen molar-refractivity contribution >= 4 is 5.91 Å². The first-order chi connectivity index (χ1) is 8.58. The molecule has 98 valence electrons. The monoisotopic (exact) mass is 255 g/mol. The maximum Gasteiger partial charge on any atom is 0.254 e. The van der Waals surface area contributed by atoms with Crippen LogP contribution in [0.25, 0.3) is 0 Å². The molecule has 1 aromatic rings. The fraction of sp³-hybridized carbons (Fsp3) is 0.462. The molecule has 0 spiro atoms. The number of hydrogen-bond acceptors (Lipinski definition) is 2. The Morgan fingerprint density at radius 2 is 2.11 bits per heavy atom. The molecule has 0 heterocycles. The number of carbonyl (C=O) groups is 1. The Bertz CT molecular complexity index is 451. The normalized spacial score (nSPS) is 23.7. The van der Waals surface area contributed by atoms with Crippen molar-refractivity contribution in [1.29, 1.82) is 0 Å². The second-order valence-electron chi connectivity index (χ2n) is 4.59. The van der Waals surface area contributed by atoms with E-state index in [1.165, 1.54) is 12.1 Å². The number of carbonyl (C=O) groups excluding carboxylic acids is 1. The Balaban J connectivity index is 2.05. The van der Waals surface area contributed by atoms with Gasteiger partial charge in [0.2, 0.25) is 0 Å². The van der Waals surface area contributed by atoms with Gasteiger partial charge >= 0.3 is 0 Å². The topological polar surface area (TPSA) is 49.3 Å². The van der Waals surface area contributed by atoms with E-state index in [-0.39, 0.29) is 11.6 Å². The molecule has 0 saturated heterocycles. The number of benzene rings is 1. The molecule has 1 amide bonds. The molecule has 1 saturated carbocycles. The van der Waals surface area contributed by atoms with E-state index in [0.29, 0.717) is 6.42 Å². The van der Waals surface area contributed by atoms with E-state index >= 15 is 0 Å². The van der Waals surface area contributed by atoms with Crippen molar-refractivity contribution < 1.29 is 18.7 Å². The Hall–Kier alpha value is -1.49. The predicted octanol–water partition coefficient (Wildman–Crippen LogP) is 2.00. The molecule has 0 radical (unpaired) electrons. The average Bonchev–Trinajstić information content (AvgIpc) is 2.32. The van der Waals surface area contributed by atoms with Crippen LogP contribution in [0, 0.1) is 11.6 Å². The first-order valence-corrected chi connectivity index (χ1v) is 6.01. The molecule has 2 unspecified atom stereocenters. The van der Waals surface area contributed by atoms with E-state index in [4.69, 9.17) is 0 Å². The van der Waals surface area contributed by atoms with E-state index in [1.54, 1.807) is 0 Å². The fourth-order valence-corrected chi connectivity index (χ4v) is 2.24. The van der Waals surface area contributed by atoms with E-state index in [9.17, 15) is 18.7 Å². The molecular weight excluding hydrogens is 240 g/mol. The third kappa shape index (κ3) is 2.85. The Kier molecular flexibility index (Phi) is 3.91. The van der Waals surface area contributed by atoms with Crippen LogP contribution in [0.5, 0.6) is 0 Å². The minimum absolute atomic E-state index is 0.177. The standard InChI is InChI=1S/C13H15F2NO2/c14-11-6-2-5-10(12(11)15)13(18)16-8-3-1-4-9(17)7-8/h2,5-6,8-9,17H,1,3-4,7H2,(H,16,18).